The Hall–Kier alpha value is -2.25. The van der Waals surface area contributed by atoms with Gasteiger partial charge in [-0.05, 0) is 242 Å². The molecule has 1 aromatic rings. The van der Waals surface area contributed by atoms with Crippen molar-refractivity contribution in [3.8, 4) is 0 Å². The van der Waals surface area contributed by atoms with Crippen LogP contribution in [0.25, 0.3) is 0 Å². The first-order valence-electron chi connectivity index (χ1n) is 36.2. The monoisotopic (exact) mass is 1260 g/mol. The molecule has 12 aliphatic carbocycles. The van der Waals surface area contributed by atoms with Crippen molar-refractivity contribution in [2.45, 2.75) is 223 Å². The fourth-order valence-electron chi connectivity index (χ4n) is 27.4. The van der Waals surface area contributed by atoms with Crippen LogP contribution in [-0.4, -0.2) is 132 Å². The van der Waals surface area contributed by atoms with E-state index in [1.54, 1.807) is 29.2 Å². The Labute approximate surface area is 539 Å². The summed E-state index contributed by atoms with van der Waals surface area (Å²) in [7, 11) is 5.98. The number of aliphatic imine (C=N–C) groups is 1. The van der Waals surface area contributed by atoms with Crippen molar-refractivity contribution in [3.63, 3.8) is 0 Å². The molecular weight excluding hydrogens is 1150 g/mol. The van der Waals surface area contributed by atoms with Crippen LogP contribution in [0.4, 0.5) is 0 Å². The minimum atomic E-state index is -1.71. The van der Waals surface area contributed by atoms with Crippen molar-refractivity contribution in [1.82, 2.24) is 25.5 Å². The largest absolute Gasteiger partial charge is 0.396 e. The summed E-state index contributed by atoms with van der Waals surface area (Å²) in [4.78, 5) is 26.6. The van der Waals surface area contributed by atoms with E-state index in [0.29, 0.717) is 37.1 Å². The number of ketones is 1. The number of guanidine groups is 1. The van der Waals surface area contributed by atoms with Gasteiger partial charge in [-0.2, -0.15) is 0 Å². The molecule has 11 N–H and O–H groups in total. The number of aliphatic hydroxyl groups excluding tert-OH is 5. The minimum Gasteiger partial charge on any atom is -0.396 e. The van der Waals surface area contributed by atoms with Crippen LogP contribution in [0.2, 0.25) is 0 Å². The standard InChI is InChI=1S/C73H111N7O7S2/c1-40(2)11-8-21-70-34-55(84)64(85)50(35-75-6)62(70)54(83)30-53-61(70)49(36-78-66(74)79-41(3)82)51-18-17-46-45-13-7-14-47-57(45)59-63(48-29-42-15-16-43-12-9-20-69(43,32-42)60(47)48)67(4,5)33-44(80-28-27-77-39-80)37-88-89-72(22-10-19-68(72)23-25-76-26-24-68)56-31-52(58(46)65(59)86)71(51,38-81)73(53,56)87/h27-28,30,39-46,49-52,55-56,58-62,64-65,75-76,81-82,84-87H,7-26,29,31-38H2,1-6H3,(H3,74,78,79). The van der Waals surface area contributed by atoms with Crippen LogP contribution in [-0.2, 0) is 4.79 Å². The number of fused-ring (bicyclic) bond motifs is 12. The molecule has 89 heavy (non-hydrogen) atoms. The van der Waals surface area contributed by atoms with E-state index in [1.165, 1.54) is 38.5 Å². The van der Waals surface area contributed by atoms with E-state index in [2.05, 4.69) is 71.5 Å². The maximum Gasteiger partial charge on any atom is 0.190 e. The highest BCUT2D eigenvalue weighted by Crippen LogP contribution is 2.83. The number of hydrogen-bond donors (Lipinski definition) is 10. The van der Waals surface area contributed by atoms with Crippen molar-refractivity contribution in [1.29, 1.82) is 0 Å². The van der Waals surface area contributed by atoms with Crippen LogP contribution >= 0.6 is 21.6 Å². The molecule has 0 radical (unpaired) electrons. The van der Waals surface area contributed by atoms with Gasteiger partial charge in [0.25, 0.3) is 0 Å². The molecule has 6 bridgehead atoms. The summed E-state index contributed by atoms with van der Waals surface area (Å²) >= 11 is 0. The lowest BCUT2D eigenvalue weighted by atomic mass is 9.37. The number of aliphatic hydroxyl groups is 6. The summed E-state index contributed by atoms with van der Waals surface area (Å²) < 4.78 is 1.91. The summed E-state index contributed by atoms with van der Waals surface area (Å²) in [6.45, 7) is 13.4. The van der Waals surface area contributed by atoms with Crippen LogP contribution < -0.4 is 21.7 Å². The zero-order valence-corrected chi connectivity index (χ0v) is 56.3. The van der Waals surface area contributed by atoms with Gasteiger partial charge in [-0.1, -0.05) is 97.3 Å². The molecule has 16 heteroatoms. The lowest BCUT2D eigenvalue weighted by molar-refractivity contribution is -0.224. The molecule has 24 unspecified atom stereocenters. The number of hydrogen-bond acceptors (Lipinski definition) is 13. The maximum absolute atomic E-state index is 16.5. The van der Waals surface area contributed by atoms with E-state index in [-0.39, 0.29) is 95.0 Å². The Morgan fingerprint density at radius 1 is 0.933 bits per heavy atom. The molecule has 1 aromatic heterocycles. The summed E-state index contributed by atoms with van der Waals surface area (Å²) in [5.74, 6) is 0.00963. The molecule has 3 spiro atoms. The number of nitrogens with two attached hydrogens (primary N) is 1. The van der Waals surface area contributed by atoms with E-state index in [4.69, 9.17) is 15.7 Å². The quantitative estimate of drug-likeness (QED) is 0.0327. The predicted molar refractivity (Wildman–Crippen MR) is 353 cm³/mol. The number of nitrogens with zero attached hydrogens (tertiary/aromatic N) is 3. The lowest BCUT2D eigenvalue weighted by Crippen LogP contribution is -2.73. The molecule has 0 amide bonds. The third-order valence-electron chi connectivity index (χ3n) is 29.6. The van der Waals surface area contributed by atoms with Gasteiger partial charge in [0.1, 0.15) is 6.23 Å². The third kappa shape index (κ3) is 8.91. The number of carbonyl (C=O) groups excluding carboxylic acids is 1. The van der Waals surface area contributed by atoms with Gasteiger partial charge in [-0.25, -0.2) is 4.98 Å². The van der Waals surface area contributed by atoms with Gasteiger partial charge in [-0.3, -0.25) is 9.79 Å². The molecular formula is C73H111N7O7S2. The summed E-state index contributed by atoms with van der Waals surface area (Å²) in [6.07, 6.45) is 27.3. The first-order valence-corrected chi connectivity index (χ1v) is 38.6. The van der Waals surface area contributed by atoms with Gasteiger partial charge in [0, 0.05) is 77.0 Å². The number of aromatic nitrogens is 2. The second-order valence-corrected chi connectivity index (χ2v) is 36.5. The van der Waals surface area contributed by atoms with E-state index in [0.717, 1.165) is 120 Å². The first-order chi connectivity index (χ1) is 42.8. The smallest absolute Gasteiger partial charge is 0.190 e. The average Bonchev–Trinajstić information content (AvgIpc) is 1.51. The molecule has 24 atom stereocenters. The number of piperidine rings is 1. The zero-order chi connectivity index (χ0) is 62.0. The van der Waals surface area contributed by atoms with Crippen LogP contribution in [0.15, 0.2) is 57.7 Å². The van der Waals surface area contributed by atoms with Gasteiger partial charge in [-0.15, -0.1) is 0 Å². The Balaban J connectivity index is 1.02. The van der Waals surface area contributed by atoms with Crippen molar-refractivity contribution in [2.75, 3.05) is 45.6 Å². The molecule has 15 rings (SSSR count). The van der Waals surface area contributed by atoms with Gasteiger partial charge in [0.2, 0.25) is 0 Å². The summed E-state index contributed by atoms with van der Waals surface area (Å²) in [5.41, 5.74) is 10.3. The second kappa shape index (κ2) is 23.0. The number of imidazole rings is 1. The van der Waals surface area contributed by atoms with Crippen LogP contribution in [0.5, 0.6) is 0 Å². The SMILES string of the molecule is CNCC1C(O)C(O)CC2(CCCC(C)C)C1C(=O)C=C1C2C(CN=C(N)NC(C)O)C2CCC3C4CCCC5=C4C4C(=C6CC7CCC8CCCC8(C7)C56)C(C)(C)CC(n5ccnc5)CSSC5(CCCC56CCNCC6)C5CC(C3C4O)C2(CO)C15O. The summed E-state index contributed by atoms with van der Waals surface area (Å²) in [6, 6.07) is 0.111. The molecule has 14 nitrogen and oxygen atoms in total. The molecule has 9 saturated carbocycles. The minimum absolute atomic E-state index is 0.0787. The Bertz CT molecular complexity index is 3000. The van der Waals surface area contributed by atoms with Gasteiger partial charge >= 0.3 is 0 Å². The molecule has 11 fully saturated rings. The van der Waals surface area contributed by atoms with Gasteiger partial charge < -0.3 is 56.9 Å². The second-order valence-electron chi connectivity index (χ2n) is 33.8. The van der Waals surface area contributed by atoms with E-state index in [1.807, 2.05) is 30.1 Å². The van der Waals surface area contributed by atoms with Crippen LogP contribution in [0.3, 0.4) is 0 Å². The van der Waals surface area contributed by atoms with Crippen LogP contribution in [0.1, 0.15) is 188 Å². The van der Waals surface area contributed by atoms with Crippen molar-refractivity contribution < 1.29 is 35.4 Å². The third-order valence-corrected chi connectivity index (χ3v) is 33.1. The van der Waals surface area contributed by atoms with Crippen molar-refractivity contribution >= 4 is 33.3 Å². The number of allylic oxidation sites excluding steroid dienone is 3. The first kappa shape index (κ1) is 62.8. The Morgan fingerprint density at radius 3 is 2.51 bits per heavy atom. The fourth-order valence-corrected chi connectivity index (χ4v) is 31.6. The molecule has 0 aromatic carbocycles. The average molecular weight is 1260 g/mol. The maximum atomic E-state index is 16.5. The molecule has 2 saturated heterocycles. The van der Waals surface area contributed by atoms with Crippen molar-refractivity contribution in [3.05, 3.63) is 52.7 Å². The van der Waals surface area contributed by atoms with Crippen molar-refractivity contribution in [2.24, 2.45) is 127 Å². The molecule has 492 valence electrons. The van der Waals surface area contributed by atoms with Gasteiger partial charge in [0.05, 0.1) is 36.8 Å². The van der Waals surface area contributed by atoms with E-state index < -0.39 is 69.4 Å². The highest BCUT2D eigenvalue weighted by molar-refractivity contribution is 8.77. The number of carbonyl (C=O) groups is 1. The predicted octanol–water partition coefficient (Wildman–Crippen LogP) is 9.91. The molecule has 14 aliphatic rings. The lowest BCUT2D eigenvalue weighted by Gasteiger charge is -2.69. The zero-order valence-electron chi connectivity index (χ0n) is 54.7. The normalized spacial score (nSPS) is 47.9. The summed E-state index contributed by atoms with van der Waals surface area (Å²) in [5, 5.41) is 91.3. The van der Waals surface area contributed by atoms with E-state index >= 15 is 15.0 Å². The van der Waals surface area contributed by atoms with E-state index in [9.17, 15) is 20.4 Å². The highest BCUT2D eigenvalue weighted by Gasteiger charge is 2.83. The number of nitrogens with one attached hydrogen (secondary N) is 3. The fraction of sp³-hybridized carbons (Fsp3) is 0.849. The van der Waals surface area contributed by atoms with Crippen LogP contribution in [0, 0.1) is 116 Å². The Kier molecular flexibility index (Phi) is 16.2. The number of rotatable bonds is 11. The highest BCUT2D eigenvalue weighted by atomic mass is 33.1. The molecule has 3 heterocycles. The molecule has 2 aliphatic heterocycles. The van der Waals surface area contributed by atoms with Gasteiger partial charge in [0.15, 0.2) is 11.7 Å². The Morgan fingerprint density at radius 2 is 1.75 bits per heavy atom. The topological polar surface area (TPSA) is 231 Å².